The first-order valence-corrected chi connectivity index (χ1v) is 5.62. The van der Waals surface area contributed by atoms with Crippen molar-refractivity contribution in [3.63, 3.8) is 0 Å². The molecule has 3 heteroatoms. The van der Waals surface area contributed by atoms with E-state index >= 15 is 0 Å². The average Bonchev–Trinajstić information content (AvgIpc) is 2.99. The van der Waals surface area contributed by atoms with E-state index in [1.54, 1.807) is 12.5 Å². The fourth-order valence-electron chi connectivity index (χ4n) is 1.90. The second-order valence-corrected chi connectivity index (χ2v) is 3.94. The van der Waals surface area contributed by atoms with E-state index in [1.807, 2.05) is 30.3 Å². The van der Waals surface area contributed by atoms with Crippen molar-refractivity contribution in [3.8, 4) is 0 Å². The van der Waals surface area contributed by atoms with Gasteiger partial charge in [0.1, 0.15) is 11.3 Å². The fraction of sp³-hybridized carbons (Fsp3) is 0.143. The van der Waals surface area contributed by atoms with Gasteiger partial charge >= 0.3 is 0 Å². The highest BCUT2D eigenvalue weighted by Gasteiger charge is 2.04. The Morgan fingerprint density at radius 1 is 0.941 bits per heavy atom. The Hall–Kier alpha value is -2.00. The van der Waals surface area contributed by atoms with E-state index in [9.17, 15) is 0 Å². The summed E-state index contributed by atoms with van der Waals surface area (Å²) in [6.45, 7) is 1.50. The van der Waals surface area contributed by atoms with Gasteiger partial charge in [0, 0.05) is 17.5 Å². The van der Waals surface area contributed by atoms with E-state index in [0.29, 0.717) is 0 Å². The van der Waals surface area contributed by atoms with Gasteiger partial charge in [0.25, 0.3) is 0 Å². The molecular formula is C14H13NO2. The Kier molecular flexibility index (Phi) is 2.68. The summed E-state index contributed by atoms with van der Waals surface area (Å²) in [5, 5.41) is 4.49. The van der Waals surface area contributed by atoms with Gasteiger partial charge in [0.2, 0.25) is 0 Å². The van der Waals surface area contributed by atoms with Crippen LogP contribution in [0.15, 0.2) is 57.8 Å². The van der Waals surface area contributed by atoms with Gasteiger partial charge in [-0.15, -0.1) is 0 Å². The molecule has 17 heavy (non-hydrogen) atoms. The highest BCUT2D eigenvalue weighted by molar-refractivity contribution is 5.80. The van der Waals surface area contributed by atoms with Crippen LogP contribution in [-0.2, 0) is 13.1 Å². The minimum atomic E-state index is 0.729. The Balaban J connectivity index is 1.69. The van der Waals surface area contributed by atoms with Crippen LogP contribution in [0.1, 0.15) is 11.3 Å². The molecule has 0 spiro atoms. The van der Waals surface area contributed by atoms with Crippen LogP contribution >= 0.6 is 0 Å². The third-order valence-corrected chi connectivity index (χ3v) is 2.76. The molecule has 1 N–H and O–H groups in total. The summed E-state index contributed by atoms with van der Waals surface area (Å²) in [4.78, 5) is 0. The maximum absolute atomic E-state index is 5.47. The van der Waals surface area contributed by atoms with Crippen molar-refractivity contribution in [1.82, 2.24) is 5.32 Å². The van der Waals surface area contributed by atoms with Crippen LogP contribution in [0.2, 0.25) is 0 Å². The maximum atomic E-state index is 5.47. The molecule has 0 aliphatic heterocycles. The van der Waals surface area contributed by atoms with Gasteiger partial charge in [0.15, 0.2) is 0 Å². The number of nitrogens with one attached hydrogen (secondary N) is 1. The number of para-hydroxylation sites is 1. The van der Waals surface area contributed by atoms with E-state index in [0.717, 1.165) is 24.4 Å². The van der Waals surface area contributed by atoms with Crippen LogP contribution in [0.4, 0.5) is 0 Å². The average molecular weight is 227 g/mol. The highest BCUT2D eigenvalue weighted by atomic mass is 16.3. The summed E-state index contributed by atoms with van der Waals surface area (Å²) in [5.74, 6) is 0.942. The first kappa shape index (κ1) is 10.2. The molecule has 0 saturated carbocycles. The molecule has 0 amide bonds. The molecule has 0 unspecified atom stereocenters. The summed E-state index contributed by atoms with van der Waals surface area (Å²) < 4.78 is 10.7. The Morgan fingerprint density at radius 3 is 2.76 bits per heavy atom. The molecule has 0 fully saturated rings. The summed E-state index contributed by atoms with van der Waals surface area (Å²) in [6, 6.07) is 11.9. The topological polar surface area (TPSA) is 38.3 Å². The molecule has 3 rings (SSSR count). The zero-order valence-corrected chi connectivity index (χ0v) is 9.35. The van der Waals surface area contributed by atoms with Crippen LogP contribution in [0.5, 0.6) is 0 Å². The Bertz CT molecular complexity index is 596. The van der Waals surface area contributed by atoms with Gasteiger partial charge in [-0.3, -0.25) is 0 Å². The monoisotopic (exact) mass is 227 g/mol. The lowest BCUT2D eigenvalue weighted by molar-refractivity contribution is 0.482. The predicted octanol–water partition coefficient (Wildman–Crippen LogP) is 3.32. The first-order chi connectivity index (χ1) is 8.43. The number of hydrogen-bond donors (Lipinski definition) is 1. The molecule has 0 atom stereocenters. The SMILES string of the molecule is c1coc(CNCc2coc3ccccc23)c1. The molecule has 1 aromatic carbocycles. The van der Waals surface area contributed by atoms with E-state index in [-0.39, 0.29) is 0 Å². The summed E-state index contributed by atoms with van der Waals surface area (Å²) in [6.07, 6.45) is 3.49. The predicted molar refractivity (Wildman–Crippen MR) is 65.5 cm³/mol. The summed E-state index contributed by atoms with van der Waals surface area (Å²) in [7, 11) is 0. The van der Waals surface area contributed by atoms with Gasteiger partial charge in [-0.25, -0.2) is 0 Å². The lowest BCUT2D eigenvalue weighted by Crippen LogP contribution is -2.11. The zero-order valence-electron chi connectivity index (χ0n) is 9.35. The number of rotatable bonds is 4. The van der Waals surface area contributed by atoms with Gasteiger partial charge in [0.05, 0.1) is 19.1 Å². The van der Waals surface area contributed by atoms with Gasteiger partial charge in [-0.2, -0.15) is 0 Å². The molecule has 3 nitrogen and oxygen atoms in total. The maximum Gasteiger partial charge on any atom is 0.134 e. The molecule has 0 saturated heterocycles. The molecule has 3 aromatic rings. The first-order valence-electron chi connectivity index (χ1n) is 5.62. The zero-order chi connectivity index (χ0) is 11.5. The van der Waals surface area contributed by atoms with Crippen LogP contribution in [0, 0.1) is 0 Å². The second-order valence-electron chi connectivity index (χ2n) is 3.94. The van der Waals surface area contributed by atoms with Crippen LogP contribution in [-0.4, -0.2) is 0 Å². The second kappa shape index (κ2) is 4.47. The van der Waals surface area contributed by atoms with Crippen molar-refractivity contribution in [1.29, 1.82) is 0 Å². The molecular weight excluding hydrogens is 214 g/mol. The fourth-order valence-corrected chi connectivity index (χ4v) is 1.90. The van der Waals surface area contributed by atoms with E-state index in [4.69, 9.17) is 8.83 Å². The molecule has 2 aromatic heterocycles. The number of benzene rings is 1. The van der Waals surface area contributed by atoms with Crippen LogP contribution in [0.25, 0.3) is 11.0 Å². The van der Waals surface area contributed by atoms with E-state index in [1.165, 1.54) is 10.9 Å². The minimum absolute atomic E-state index is 0.729. The van der Waals surface area contributed by atoms with Crippen molar-refractivity contribution in [2.75, 3.05) is 0 Å². The third kappa shape index (κ3) is 2.10. The summed E-state index contributed by atoms with van der Waals surface area (Å²) >= 11 is 0. The van der Waals surface area contributed by atoms with Crippen LogP contribution in [0.3, 0.4) is 0 Å². The largest absolute Gasteiger partial charge is 0.468 e. The molecule has 0 aliphatic rings. The van der Waals surface area contributed by atoms with Gasteiger partial charge in [-0.1, -0.05) is 18.2 Å². The van der Waals surface area contributed by atoms with E-state index < -0.39 is 0 Å². The van der Waals surface area contributed by atoms with Gasteiger partial charge < -0.3 is 14.2 Å². The molecule has 0 radical (unpaired) electrons. The molecule has 2 heterocycles. The normalized spacial score (nSPS) is 11.1. The lowest BCUT2D eigenvalue weighted by atomic mass is 10.2. The van der Waals surface area contributed by atoms with Crippen LogP contribution < -0.4 is 5.32 Å². The number of hydrogen-bond acceptors (Lipinski definition) is 3. The van der Waals surface area contributed by atoms with Crippen molar-refractivity contribution in [2.24, 2.45) is 0 Å². The van der Waals surface area contributed by atoms with Crippen molar-refractivity contribution in [3.05, 3.63) is 60.2 Å². The quantitative estimate of drug-likeness (QED) is 0.743. The van der Waals surface area contributed by atoms with Crippen molar-refractivity contribution >= 4 is 11.0 Å². The van der Waals surface area contributed by atoms with Crippen molar-refractivity contribution in [2.45, 2.75) is 13.1 Å². The van der Waals surface area contributed by atoms with E-state index in [2.05, 4.69) is 11.4 Å². The smallest absolute Gasteiger partial charge is 0.134 e. The third-order valence-electron chi connectivity index (χ3n) is 2.76. The Morgan fingerprint density at radius 2 is 1.88 bits per heavy atom. The molecule has 0 bridgehead atoms. The molecule has 86 valence electrons. The minimum Gasteiger partial charge on any atom is -0.468 e. The summed E-state index contributed by atoms with van der Waals surface area (Å²) in [5.41, 5.74) is 2.11. The Labute approximate surface area is 99.0 Å². The number of furan rings is 2. The van der Waals surface area contributed by atoms with Gasteiger partial charge in [-0.05, 0) is 18.2 Å². The lowest BCUT2D eigenvalue weighted by Gasteiger charge is -2.00. The van der Waals surface area contributed by atoms with Crippen molar-refractivity contribution < 1.29 is 8.83 Å². The molecule has 0 aliphatic carbocycles. The number of fused-ring (bicyclic) bond motifs is 1. The highest BCUT2D eigenvalue weighted by Crippen LogP contribution is 2.20. The standard InChI is InChI=1S/C14H13NO2/c1-2-6-14-13(5-1)11(10-17-14)8-15-9-12-4-3-7-16-12/h1-7,10,15H,8-9H2.